The molecule has 1 N–H and O–H groups in total. The SMILES string of the molecule is CC(C)(C)C(=O)NCCN1C(=O)c2cccnc2C1=O. The van der Waals surface area contributed by atoms with E-state index in [0.29, 0.717) is 5.56 Å². The molecule has 0 fully saturated rings. The Morgan fingerprint density at radius 3 is 2.60 bits per heavy atom. The van der Waals surface area contributed by atoms with Crippen molar-refractivity contribution in [3.63, 3.8) is 0 Å². The Morgan fingerprint density at radius 1 is 1.30 bits per heavy atom. The number of hydrogen-bond donors (Lipinski definition) is 1. The number of nitrogens with zero attached hydrogens (tertiary/aromatic N) is 2. The summed E-state index contributed by atoms with van der Waals surface area (Å²) in [6, 6.07) is 3.20. The van der Waals surface area contributed by atoms with Crippen molar-refractivity contribution in [2.75, 3.05) is 13.1 Å². The maximum absolute atomic E-state index is 12.0. The minimum Gasteiger partial charge on any atom is -0.354 e. The largest absolute Gasteiger partial charge is 0.354 e. The second kappa shape index (κ2) is 5.03. The van der Waals surface area contributed by atoms with Gasteiger partial charge in [-0.2, -0.15) is 0 Å². The van der Waals surface area contributed by atoms with Gasteiger partial charge in [0, 0.05) is 24.7 Å². The highest BCUT2D eigenvalue weighted by atomic mass is 16.2. The number of carbonyl (C=O) groups is 3. The van der Waals surface area contributed by atoms with E-state index in [0.717, 1.165) is 4.90 Å². The standard InChI is InChI=1S/C14H17N3O3/c1-14(2,3)13(20)16-7-8-17-11(18)9-5-4-6-15-10(9)12(17)19/h4-6H,7-8H2,1-3H3,(H,16,20). The van der Waals surface area contributed by atoms with Gasteiger partial charge in [-0.15, -0.1) is 0 Å². The maximum Gasteiger partial charge on any atom is 0.280 e. The normalized spacial score (nSPS) is 14.4. The highest BCUT2D eigenvalue weighted by molar-refractivity contribution is 6.20. The van der Waals surface area contributed by atoms with Crippen LogP contribution in [0.5, 0.6) is 0 Å². The van der Waals surface area contributed by atoms with E-state index < -0.39 is 11.3 Å². The predicted molar refractivity (Wildman–Crippen MR) is 72.1 cm³/mol. The molecule has 0 aliphatic carbocycles. The fourth-order valence-corrected chi connectivity index (χ4v) is 1.86. The molecule has 2 rings (SSSR count). The Balaban J connectivity index is 1.98. The van der Waals surface area contributed by atoms with Crippen LogP contribution in [0.4, 0.5) is 0 Å². The molecule has 2 heterocycles. The smallest absolute Gasteiger partial charge is 0.280 e. The van der Waals surface area contributed by atoms with Gasteiger partial charge in [-0.1, -0.05) is 20.8 Å². The van der Waals surface area contributed by atoms with Crippen LogP contribution in [0.3, 0.4) is 0 Å². The van der Waals surface area contributed by atoms with Crippen LogP contribution >= 0.6 is 0 Å². The van der Waals surface area contributed by atoms with Crippen LogP contribution in [-0.2, 0) is 4.79 Å². The lowest BCUT2D eigenvalue weighted by Gasteiger charge is -2.19. The van der Waals surface area contributed by atoms with E-state index in [4.69, 9.17) is 0 Å². The van der Waals surface area contributed by atoms with Crippen molar-refractivity contribution in [2.45, 2.75) is 20.8 Å². The molecule has 1 aromatic rings. The summed E-state index contributed by atoms with van der Waals surface area (Å²) in [5, 5.41) is 2.71. The molecule has 0 atom stereocenters. The summed E-state index contributed by atoms with van der Waals surface area (Å²) in [4.78, 5) is 40.8. The van der Waals surface area contributed by atoms with Gasteiger partial charge < -0.3 is 5.32 Å². The molecule has 6 heteroatoms. The average Bonchev–Trinajstić information content (AvgIpc) is 2.63. The topological polar surface area (TPSA) is 79.4 Å². The van der Waals surface area contributed by atoms with Gasteiger partial charge in [0.25, 0.3) is 11.8 Å². The zero-order chi connectivity index (χ0) is 14.9. The molecule has 20 heavy (non-hydrogen) atoms. The molecule has 0 radical (unpaired) electrons. The summed E-state index contributed by atoms with van der Waals surface area (Å²) in [6.07, 6.45) is 1.48. The quantitative estimate of drug-likeness (QED) is 0.829. The van der Waals surface area contributed by atoms with Crippen molar-refractivity contribution in [2.24, 2.45) is 5.41 Å². The zero-order valence-corrected chi connectivity index (χ0v) is 11.8. The maximum atomic E-state index is 12.0. The summed E-state index contributed by atoms with van der Waals surface area (Å²) in [7, 11) is 0. The van der Waals surface area contributed by atoms with Crippen molar-refractivity contribution >= 4 is 17.7 Å². The van der Waals surface area contributed by atoms with E-state index in [1.165, 1.54) is 6.20 Å². The first-order valence-corrected chi connectivity index (χ1v) is 6.42. The van der Waals surface area contributed by atoms with Gasteiger partial charge >= 0.3 is 0 Å². The van der Waals surface area contributed by atoms with Crippen LogP contribution in [0, 0.1) is 5.41 Å². The first kappa shape index (κ1) is 14.2. The molecule has 1 aromatic heterocycles. The number of hydrogen-bond acceptors (Lipinski definition) is 4. The lowest BCUT2D eigenvalue weighted by molar-refractivity contribution is -0.128. The summed E-state index contributed by atoms with van der Waals surface area (Å²) in [5.41, 5.74) is 0.00287. The van der Waals surface area contributed by atoms with E-state index in [9.17, 15) is 14.4 Å². The number of pyridine rings is 1. The van der Waals surface area contributed by atoms with E-state index in [-0.39, 0.29) is 30.6 Å². The van der Waals surface area contributed by atoms with Gasteiger partial charge in [0.2, 0.25) is 5.91 Å². The Hall–Kier alpha value is -2.24. The Morgan fingerprint density at radius 2 is 2.00 bits per heavy atom. The third kappa shape index (κ3) is 2.54. The Labute approximate surface area is 117 Å². The van der Waals surface area contributed by atoms with E-state index in [2.05, 4.69) is 10.3 Å². The molecule has 0 aromatic carbocycles. The average molecular weight is 275 g/mol. The van der Waals surface area contributed by atoms with Gasteiger partial charge in [-0.25, -0.2) is 0 Å². The molecule has 106 valence electrons. The van der Waals surface area contributed by atoms with Gasteiger partial charge in [-0.3, -0.25) is 24.3 Å². The monoisotopic (exact) mass is 275 g/mol. The Kier molecular flexibility index (Phi) is 3.57. The van der Waals surface area contributed by atoms with E-state index >= 15 is 0 Å². The molecule has 1 aliphatic heterocycles. The van der Waals surface area contributed by atoms with Gasteiger partial charge in [-0.05, 0) is 12.1 Å². The molecular weight excluding hydrogens is 258 g/mol. The van der Waals surface area contributed by atoms with Crippen LogP contribution in [0.2, 0.25) is 0 Å². The molecule has 0 bridgehead atoms. The summed E-state index contributed by atoms with van der Waals surface area (Å²) in [5.74, 6) is -0.883. The number of carbonyl (C=O) groups excluding carboxylic acids is 3. The molecule has 6 nitrogen and oxygen atoms in total. The number of amides is 3. The Bertz CT molecular complexity index is 540. The molecule has 0 spiro atoms. The summed E-state index contributed by atoms with van der Waals surface area (Å²) in [6.45, 7) is 5.79. The lowest BCUT2D eigenvalue weighted by atomic mass is 9.96. The van der Waals surface area contributed by atoms with Gasteiger partial charge in [0.15, 0.2) is 0 Å². The third-order valence-corrected chi connectivity index (χ3v) is 3.03. The fourth-order valence-electron chi connectivity index (χ4n) is 1.86. The van der Waals surface area contributed by atoms with Crippen molar-refractivity contribution < 1.29 is 14.4 Å². The second-order valence-electron chi connectivity index (χ2n) is 5.67. The number of imide groups is 1. The fraction of sp³-hybridized carbons (Fsp3) is 0.429. The predicted octanol–water partition coefficient (Wildman–Crippen LogP) is 0.840. The number of fused-ring (bicyclic) bond motifs is 1. The van der Waals surface area contributed by atoms with Crippen molar-refractivity contribution in [3.8, 4) is 0 Å². The number of nitrogens with one attached hydrogen (secondary N) is 1. The first-order chi connectivity index (χ1) is 9.32. The van der Waals surface area contributed by atoms with Crippen molar-refractivity contribution in [3.05, 3.63) is 29.6 Å². The van der Waals surface area contributed by atoms with E-state index in [1.54, 1.807) is 32.9 Å². The summed E-state index contributed by atoms with van der Waals surface area (Å²) < 4.78 is 0. The number of aromatic nitrogens is 1. The highest BCUT2D eigenvalue weighted by Gasteiger charge is 2.36. The molecular formula is C14H17N3O3. The van der Waals surface area contributed by atoms with Crippen molar-refractivity contribution in [1.82, 2.24) is 15.2 Å². The molecule has 0 saturated carbocycles. The van der Waals surface area contributed by atoms with Crippen LogP contribution in [-0.4, -0.2) is 40.7 Å². The van der Waals surface area contributed by atoms with Gasteiger partial charge in [0.1, 0.15) is 5.69 Å². The summed E-state index contributed by atoms with van der Waals surface area (Å²) >= 11 is 0. The lowest BCUT2D eigenvalue weighted by Crippen LogP contribution is -2.41. The number of rotatable bonds is 3. The highest BCUT2D eigenvalue weighted by Crippen LogP contribution is 2.19. The second-order valence-corrected chi connectivity index (χ2v) is 5.67. The van der Waals surface area contributed by atoms with E-state index in [1.807, 2.05) is 0 Å². The molecule has 1 aliphatic rings. The molecule has 0 saturated heterocycles. The minimum atomic E-state index is -0.496. The molecule has 0 unspecified atom stereocenters. The minimum absolute atomic E-state index is 0.118. The first-order valence-electron chi connectivity index (χ1n) is 6.42. The third-order valence-electron chi connectivity index (χ3n) is 3.03. The van der Waals surface area contributed by atoms with Crippen molar-refractivity contribution in [1.29, 1.82) is 0 Å². The van der Waals surface area contributed by atoms with Crippen LogP contribution in [0.1, 0.15) is 41.6 Å². The van der Waals surface area contributed by atoms with Crippen LogP contribution < -0.4 is 5.32 Å². The van der Waals surface area contributed by atoms with Gasteiger partial charge in [0.05, 0.1) is 5.56 Å². The molecule has 3 amide bonds. The van der Waals surface area contributed by atoms with Crippen LogP contribution in [0.25, 0.3) is 0 Å². The zero-order valence-electron chi connectivity index (χ0n) is 11.8. The van der Waals surface area contributed by atoms with Crippen LogP contribution in [0.15, 0.2) is 18.3 Å².